The van der Waals surface area contributed by atoms with Gasteiger partial charge < -0.3 is 19.9 Å². The van der Waals surface area contributed by atoms with Crippen LogP contribution in [0.2, 0.25) is 5.02 Å². The van der Waals surface area contributed by atoms with Gasteiger partial charge in [-0.05, 0) is 97.2 Å². The minimum Gasteiger partial charge on any atom is -0.455 e. The number of nitrogens with one attached hydrogen (secondary N) is 3. The van der Waals surface area contributed by atoms with Crippen LogP contribution in [0.15, 0.2) is 95.7 Å². The number of piperazine rings is 1. The highest BCUT2D eigenvalue weighted by Crippen LogP contribution is 2.43. The summed E-state index contributed by atoms with van der Waals surface area (Å²) >= 11 is 6.24. The van der Waals surface area contributed by atoms with Crippen molar-refractivity contribution in [2.45, 2.75) is 63.3 Å². The Morgan fingerprint density at radius 1 is 1.00 bits per heavy atom. The molecule has 14 nitrogen and oxygen atoms in total. The molecule has 0 bridgehead atoms. The van der Waals surface area contributed by atoms with E-state index in [0.717, 1.165) is 56.0 Å². The normalized spacial score (nSPS) is 17.8. The number of amides is 1. The number of carbonyl (C=O) groups excluding carboxylic acids is 1. The molecule has 2 aromatic heterocycles. The van der Waals surface area contributed by atoms with E-state index in [1.165, 1.54) is 41.1 Å². The zero-order chi connectivity index (χ0) is 45.2. The second-order valence-corrected chi connectivity index (χ2v) is 19.7. The van der Waals surface area contributed by atoms with Crippen LogP contribution < -0.4 is 19.7 Å². The molecule has 2 saturated heterocycles. The van der Waals surface area contributed by atoms with Gasteiger partial charge in [0.1, 0.15) is 22.8 Å². The summed E-state index contributed by atoms with van der Waals surface area (Å²) in [6, 6.07) is 19.8. The fourth-order valence-electron chi connectivity index (χ4n) is 8.84. The van der Waals surface area contributed by atoms with Crippen LogP contribution in [-0.2, 0) is 10.0 Å². The van der Waals surface area contributed by atoms with E-state index >= 15 is 0 Å². The summed E-state index contributed by atoms with van der Waals surface area (Å²) in [6.45, 7) is 8.94. The Bertz CT molecular complexity index is 2660. The average Bonchev–Trinajstić information content (AvgIpc) is 3.73. The molecule has 338 valence electrons. The highest BCUT2D eigenvalue weighted by Gasteiger charge is 2.31. The van der Waals surface area contributed by atoms with E-state index < -0.39 is 37.9 Å². The van der Waals surface area contributed by atoms with Crippen molar-refractivity contribution < 1.29 is 31.7 Å². The largest absolute Gasteiger partial charge is 0.455 e. The lowest BCUT2D eigenvalue weighted by Gasteiger charge is -2.39. The molecule has 0 saturated carbocycles. The van der Waals surface area contributed by atoms with Crippen molar-refractivity contribution >= 4 is 61.2 Å². The molecule has 3 N–H and O–H groups in total. The predicted molar refractivity (Wildman–Crippen MR) is 244 cm³/mol. The summed E-state index contributed by atoms with van der Waals surface area (Å²) in [5, 5.41) is 16.7. The van der Waals surface area contributed by atoms with Gasteiger partial charge in [0.2, 0.25) is 0 Å². The van der Waals surface area contributed by atoms with Crippen molar-refractivity contribution in [3.63, 3.8) is 0 Å². The van der Waals surface area contributed by atoms with E-state index in [9.17, 15) is 32.1 Å². The number of H-pyrrole nitrogens is 1. The van der Waals surface area contributed by atoms with Gasteiger partial charge in [0.05, 0.1) is 28.1 Å². The number of piperidine rings is 1. The molecule has 1 aliphatic carbocycles. The number of hydrogen-bond donors (Lipinski definition) is 3. The zero-order valence-electron chi connectivity index (χ0n) is 35.7. The fourth-order valence-corrected chi connectivity index (χ4v) is 9.95. The van der Waals surface area contributed by atoms with Crippen LogP contribution in [0.3, 0.4) is 0 Å². The maximum Gasteiger partial charge on any atom is 0.293 e. The third-order valence-corrected chi connectivity index (χ3v) is 14.0. The predicted octanol–water partition coefficient (Wildman–Crippen LogP) is 8.96. The molecule has 0 radical (unpaired) electrons. The Hall–Kier alpha value is -5.62. The number of aromatic amines is 1. The molecule has 8 rings (SSSR count). The van der Waals surface area contributed by atoms with Crippen molar-refractivity contribution in [1.82, 2.24) is 24.5 Å². The number of likely N-dealkylation sites (tertiary alicyclic amines) is 1. The topological polar surface area (TPSA) is 166 Å². The lowest BCUT2D eigenvalue weighted by molar-refractivity contribution is -0.384. The molecule has 0 unspecified atom stereocenters. The smallest absolute Gasteiger partial charge is 0.293 e. The van der Waals surface area contributed by atoms with Gasteiger partial charge >= 0.3 is 0 Å². The molecule has 64 heavy (non-hydrogen) atoms. The van der Waals surface area contributed by atoms with Crippen LogP contribution in [0.25, 0.3) is 16.6 Å². The van der Waals surface area contributed by atoms with Crippen molar-refractivity contribution in [3.8, 4) is 11.5 Å². The Balaban J connectivity index is 0.991. The number of fused-ring (bicyclic) bond motifs is 1. The van der Waals surface area contributed by atoms with E-state index in [4.69, 9.17) is 16.3 Å². The summed E-state index contributed by atoms with van der Waals surface area (Å²) < 4.78 is 61.5. The molecule has 3 aliphatic rings. The summed E-state index contributed by atoms with van der Waals surface area (Å²) in [5.41, 5.74) is 5.20. The first kappa shape index (κ1) is 45.0. The number of nitrogens with zero attached hydrogens (tertiary/aromatic N) is 5. The Kier molecular flexibility index (Phi) is 13.2. The van der Waals surface area contributed by atoms with E-state index in [1.54, 1.807) is 29.3 Å². The van der Waals surface area contributed by atoms with Crippen LogP contribution in [-0.4, -0.2) is 104 Å². The molecule has 3 aromatic carbocycles. The molecule has 0 atom stereocenters. The van der Waals surface area contributed by atoms with E-state index in [2.05, 4.69) is 55.8 Å². The van der Waals surface area contributed by atoms with E-state index in [1.807, 2.05) is 18.2 Å². The Morgan fingerprint density at radius 2 is 1.75 bits per heavy atom. The van der Waals surface area contributed by atoms with Gasteiger partial charge in [-0.25, -0.2) is 26.9 Å². The summed E-state index contributed by atoms with van der Waals surface area (Å²) in [6.07, 6.45) is 4.88. The highest BCUT2D eigenvalue weighted by molar-refractivity contribution is 7.90. The van der Waals surface area contributed by atoms with Crippen molar-refractivity contribution in [1.29, 1.82) is 0 Å². The van der Waals surface area contributed by atoms with Crippen LogP contribution in [0.1, 0.15) is 61.9 Å². The lowest BCUT2D eigenvalue weighted by Crippen LogP contribution is -2.47. The second-order valence-electron chi connectivity index (χ2n) is 17.5. The van der Waals surface area contributed by atoms with Gasteiger partial charge in [0.15, 0.2) is 0 Å². The Morgan fingerprint density at radius 3 is 2.47 bits per heavy atom. The number of benzene rings is 3. The van der Waals surface area contributed by atoms with Crippen LogP contribution in [0, 0.1) is 15.5 Å². The molecule has 2 fully saturated rings. The van der Waals surface area contributed by atoms with Gasteiger partial charge in [-0.1, -0.05) is 43.2 Å². The number of rotatable bonds is 14. The molecule has 0 spiro atoms. The average molecular weight is 917 g/mol. The highest BCUT2D eigenvalue weighted by atomic mass is 35.5. The summed E-state index contributed by atoms with van der Waals surface area (Å²) in [7, 11) is -4.63. The van der Waals surface area contributed by atoms with Crippen LogP contribution in [0.4, 0.5) is 25.8 Å². The molecule has 18 heteroatoms. The zero-order valence-corrected chi connectivity index (χ0v) is 37.2. The van der Waals surface area contributed by atoms with E-state index in [-0.39, 0.29) is 35.0 Å². The molecular formula is C46H51ClF2N8O6S. The standard InChI is InChI=1S/C46H51ClF2N8O6S/c1-46(2)15-11-32(39(26-46)30-3-5-33(47)6-4-30)28-55-19-21-56(22-20-55)35-7-9-38(42(24-35)63-36-23-31-12-16-50-44(31)51-27-36)45(58)53-64(61,62)37-8-10-40(41(25-37)57(59)60)52-34-13-17-54(18-14-34)29-43(48)49/h3-10,12,16,23-25,27,34,43,52H,11,13-15,17-22,26,28-29H2,1-2H3,(H,50,51)(H,53,58). The lowest BCUT2D eigenvalue weighted by atomic mass is 9.72. The number of pyridine rings is 1. The van der Waals surface area contributed by atoms with Crippen LogP contribution >= 0.6 is 11.6 Å². The third-order valence-electron chi connectivity index (χ3n) is 12.4. The number of aromatic nitrogens is 2. The molecule has 5 aromatic rings. The number of nitro groups is 1. The van der Waals surface area contributed by atoms with Crippen molar-refractivity contribution in [2.24, 2.45) is 5.41 Å². The number of nitro benzene ring substituents is 1. The van der Waals surface area contributed by atoms with Crippen molar-refractivity contribution in [3.05, 3.63) is 117 Å². The van der Waals surface area contributed by atoms with Crippen molar-refractivity contribution in [2.75, 3.05) is 62.6 Å². The Labute approximate surface area is 375 Å². The molecule has 1 amide bonds. The quantitative estimate of drug-likeness (QED) is 0.0719. The minimum atomic E-state index is -4.63. The number of allylic oxidation sites excluding steroid dienone is 1. The molecule has 4 heterocycles. The second kappa shape index (κ2) is 18.8. The number of alkyl halides is 2. The molecule has 2 aliphatic heterocycles. The maximum atomic E-state index is 13.9. The number of anilines is 2. The minimum absolute atomic E-state index is 0.0759. The molecular weight excluding hydrogens is 866 g/mol. The summed E-state index contributed by atoms with van der Waals surface area (Å²) in [5.74, 6) is -0.579. The third kappa shape index (κ3) is 10.7. The van der Waals surface area contributed by atoms with Gasteiger partial charge in [-0.15, -0.1) is 0 Å². The first-order valence-corrected chi connectivity index (χ1v) is 23.3. The van der Waals surface area contributed by atoms with Gasteiger partial charge in [0.25, 0.3) is 28.0 Å². The van der Waals surface area contributed by atoms with Gasteiger partial charge in [-0.2, -0.15) is 0 Å². The van der Waals surface area contributed by atoms with Crippen LogP contribution in [0.5, 0.6) is 11.5 Å². The van der Waals surface area contributed by atoms with E-state index in [0.29, 0.717) is 55.4 Å². The SMILES string of the molecule is CC1(C)CCC(CN2CCN(c3ccc(C(=O)NS(=O)(=O)c4ccc(NC5CCN(CC(F)F)CC5)c([N+](=O)[O-])c4)c(Oc4cnc5[nH]ccc5c4)c3)CC2)=C(c2ccc(Cl)cc2)C1. The first-order chi connectivity index (χ1) is 30.6. The summed E-state index contributed by atoms with van der Waals surface area (Å²) in [4.78, 5) is 38.7. The first-order valence-electron chi connectivity index (χ1n) is 21.4. The number of hydrogen-bond acceptors (Lipinski definition) is 11. The monoisotopic (exact) mass is 916 g/mol. The van der Waals surface area contributed by atoms with Gasteiger partial charge in [-0.3, -0.25) is 24.7 Å². The fraction of sp³-hybridized carbons (Fsp3) is 0.391. The number of halogens is 3. The number of sulfonamides is 1. The number of carbonyl (C=O) groups is 1. The maximum absolute atomic E-state index is 13.9. The number of ether oxygens (including phenoxy) is 1. The van der Waals surface area contributed by atoms with Gasteiger partial charge in [0, 0.05) is 86.3 Å².